The Kier molecular flexibility index (Phi) is 9.86. The Bertz CT molecular complexity index is 1000. The number of aromatic nitrogens is 2. The maximum absolute atomic E-state index is 12.0. The molecule has 1 aromatic heterocycles. The van der Waals surface area contributed by atoms with Gasteiger partial charge in [-0.25, -0.2) is 4.79 Å². The molecule has 0 spiro atoms. The zero-order valence-corrected chi connectivity index (χ0v) is 21.5. The lowest BCUT2D eigenvalue weighted by Gasteiger charge is -2.21. The molecule has 1 atom stereocenters. The molecular weight excluding hydrogens is 434 g/mol. The lowest BCUT2D eigenvalue weighted by molar-refractivity contribution is -0.0700. The van der Waals surface area contributed by atoms with Gasteiger partial charge in [0.1, 0.15) is 12.3 Å². The van der Waals surface area contributed by atoms with Crippen molar-refractivity contribution in [2.75, 3.05) is 27.4 Å². The molecule has 0 radical (unpaired) electrons. The first-order valence-electron chi connectivity index (χ1n) is 11.4. The number of rotatable bonds is 10. The molecule has 1 aromatic carbocycles. The minimum atomic E-state index is -0.917. The highest BCUT2D eigenvalue weighted by Crippen LogP contribution is 2.30. The number of nitrogens with zero attached hydrogens (tertiary/aromatic N) is 3. The van der Waals surface area contributed by atoms with Gasteiger partial charge in [0.25, 0.3) is 0 Å². The van der Waals surface area contributed by atoms with Crippen LogP contribution in [0.3, 0.4) is 0 Å². The van der Waals surface area contributed by atoms with Gasteiger partial charge >= 0.3 is 6.16 Å². The predicted molar refractivity (Wildman–Crippen MR) is 134 cm³/mol. The number of carbonyl (C=O) groups excluding carboxylic acids is 1. The van der Waals surface area contributed by atoms with E-state index < -0.39 is 12.4 Å². The standard InChI is InChI=1S/C26H37N3O5/c1-9-29-23(16-18(2)28-29)24(33-19(3)34-25(30)32-15-14-31-8)22(17-27-7)20-10-12-21(13-11-20)26(4,5)6/h10-13,16-17,19H,9,14-15H2,1-8H3/b24-22-,27-17-. The van der Waals surface area contributed by atoms with Gasteiger partial charge in [-0.2, -0.15) is 5.10 Å². The van der Waals surface area contributed by atoms with Crippen molar-refractivity contribution in [2.45, 2.75) is 59.8 Å². The molecule has 2 rings (SSSR count). The summed E-state index contributed by atoms with van der Waals surface area (Å²) >= 11 is 0. The predicted octanol–water partition coefficient (Wildman–Crippen LogP) is 5.24. The van der Waals surface area contributed by atoms with Gasteiger partial charge in [0.05, 0.1) is 12.3 Å². The van der Waals surface area contributed by atoms with E-state index in [1.165, 1.54) is 12.7 Å². The highest BCUT2D eigenvalue weighted by Gasteiger charge is 2.22. The monoisotopic (exact) mass is 471 g/mol. The Morgan fingerprint density at radius 2 is 1.85 bits per heavy atom. The van der Waals surface area contributed by atoms with Crippen LogP contribution in [0.5, 0.6) is 0 Å². The smallest absolute Gasteiger partial charge is 0.452 e. The molecule has 0 aliphatic carbocycles. The molecule has 0 bridgehead atoms. The third-order valence-corrected chi connectivity index (χ3v) is 5.05. The van der Waals surface area contributed by atoms with E-state index in [9.17, 15) is 4.79 Å². The highest BCUT2D eigenvalue weighted by molar-refractivity contribution is 6.18. The third-order valence-electron chi connectivity index (χ3n) is 5.05. The maximum Gasteiger partial charge on any atom is 0.511 e. The summed E-state index contributed by atoms with van der Waals surface area (Å²) in [7, 11) is 3.23. The average molecular weight is 472 g/mol. The minimum Gasteiger partial charge on any atom is -0.452 e. The van der Waals surface area contributed by atoms with Crippen molar-refractivity contribution in [2.24, 2.45) is 4.99 Å². The molecular formula is C26H37N3O5. The normalized spacial score (nSPS) is 13.5. The molecule has 0 aliphatic rings. The summed E-state index contributed by atoms with van der Waals surface area (Å²) in [6, 6.07) is 10.2. The Morgan fingerprint density at radius 1 is 1.18 bits per heavy atom. The first kappa shape index (κ1) is 27.1. The van der Waals surface area contributed by atoms with Crippen molar-refractivity contribution in [3.05, 3.63) is 52.8 Å². The summed E-state index contributed by atoms with van der Waals surface area (Å²) in [5.74, 6) is 0.508. The Labute approximate surface area is 202 Å². The number of ether oxygens (including phenoxy) is 4. The number of allylic oxidation sites excluding steroid dienone is 1. The fraction of sp³-hybridized carbons (Fsp3) is 0.500. The van der Waals surface area contributed by atoms with Crippen molar-refractivity contribution in [3.8, 4) is 0 Å². The van der Waals surface area contributed by atoms with Gasteiger partial charge in [0, 0.05) is 39.4 Å². The van der Waals surface area contributed by atoms with Gasteiger partial charge in [-0.3, -0.25) is 9.67 Å². The SMILES string of the molecule is CCn1nc(C)cc1/C(OC(C)OC(=O)OCCOC)=C(\C=N/C)c1ccc(C(C)(C)C)cc1. The van der Waals surface area contributed by atoms with Crippen molar-refractivity contribution < 1.29 is 23.7 Å². The van der Waals surface area contributed by atoms with Crippen LogP contribution in [0.2, 0.25) is 0 Å². The van der Waals surface area contributed by atoms with Crippen molar-refractivity contribution in [1.82, 2.24) is 9.78 Å². The molecule has 0 N–H and O–H groups in total. The number of aliphatic imine (C=N–C) groups is 1. The van der Waals surface area contributed by atoms with Crippen LogP contribution in [0.1, 0.15) is 57.1 Å². The summed E-state index contributed by atoms with van der Waals surface area (Å²) in [4.78, 5) is 16.3. The zero-order chi connectivity index (χ0) is 25.3. The third kappa shape index (κ3) is 7.45. The fourth-order valence-electron chi connectivity index (χ4n) is 3.34. The van der Waals surface area contributed by atoms with Crippen molar-refractivity contribution in [1.29, 1.82) is 0 Å². The second-order valence-electron chi connectivity index (χ2n) is 8.84. The van der Waals surface area contributed by atoms with Gasteiger partial charge < -0.3 is 18.9 Å². The first-order valence-corrected chi connectivity index (χ1v) is 11.4. The van der Waals surface area contributed by atoms with Gasteiger partial charge in [-0.1, -0.05) is 45.0 Å². The van der Waals surface area contributed by atoms with Crippen LogP contribution < -0.4 is 0 Å². The molecule has 0 saturated carbocycles. The lowest BCUT2D eigenvalue weighted by atomic mass is 9.86. The number of carbonyl (C=O) groups is 1. The van der Waals surface area contributed by atoms with Crippen LogP contribution in [-0.4, -0.2) is 55.8 Å². The van der Waals surface area contributed by atoms with Crippen LogP contribution in [0.25, 0.3) is 11.3 Å². The van der Waals surface area contributed by atoms with Crippen LogP contribution >= 0.6 is 0 Å². The molecule has 1 heterocycles. The Hall–Kier alpha value is -3.13. The minimum absolute atomic E-state index is 0.0318. The molecule has 0 aliphatic heterocycles. The number of benzene rings is 1. The molecule has 186 valence electrons. The largest absolute Gasteiger partial charge is 0.511 e. The quantitative estimate of drug-likeness (QED) is 0.155. The molecule has 0 amide bonds. The van der Waals surface area contributed by atoms with Crippen molar-refractivity contribution in [3.63, 3.8) is 0 Å². The fourth-order valence-corrected chi connectivity index (χ4v) is 3.34. The summed E-state index contributed by atoms with van der Waals surface area (Å²) in [5.41, 5.74) is 4.53. The molecule has 8 nitrogen and oxygen atoms in total. The lowest BCUT2D eigenvalue weighted by Crippen LogP contribution is -2.21. The first-order chi connectivity index (χ1) is 16.1. The topological polar surface area (TPSA) is 84.2 Å². The Balaban J connectivity index is 2.51. The average Bonchev–Trinajstić information content (AvgIpc) is 3.16. The highest BCUT2D eigenvalue weighted by atomic mass is 16.8. The van der Waals surface area contributed by atoms with E-state index in [4.69, 9.17) is 18.9 Å². The van der Waals surface area contributed by atoms with E-state index in [2.05, 4.69) is 43.0 Å². The molecule has 0 fully saturated rings. The summed E-state index contributed by atoms with van der Waals surface area (Å²) < 4.78 is 23.3. The van der Waals surface area contributed by atoms with E-state index in [1.54, 1.807) is 20.2 Å². The van der Waals surface area contributed by atoms with Crippen LogP contribution in [-0.2, 0) is 30.9 Å². The second-order valence-corrected chi connectivity index (χ2v) is 8.84. The summed E-state index contributed by atoms with van der Waals surface area (Å²) in [6.45, 7) is 13.1. The van der Waals surface area contributed by atoms with Gasteiger partial charge in [0.2, 0.25) is 6.29 Å². The molecule has 1 unspecified atom stereocenters. The van der Waals surface area contributed by atoms with Crippen LogP contribution in [0.4, 0.5) is 4.79 Å². The van der Waals surface area contributed by atoms with E-state index >= 15 is 0 Å². The number of hydrogen-bond donors (Lipinski definition) is 0. The van der Waals surface area contributed by atoms with Crippen molar-refractivity contribution >= 4 is 23.7 Å². The van der Waals surface area contributed by atoms with E-state index in [0.717, 1.165) is 22.5 Å². The molecule has 2 aromatic rings. The van der Waals surface area contributed by atoms with E-state index in [1.807, 2.05) is 36.7 Å². The number of aryl methyl sites for hydroxylation is 2. The number of hydrogen-bond acceptors (Lipinski definition) is 7. The van der Waals surface area contributed by atoms with Gasteiger partial charge in [-0.05, 0) is 36.5 Å². The van der Waals surface area contributed by atoms with E-state index in [0.29, 0.717) is 12.3 Å². The van der Waals surface area contributed by atoms with Crippen LogP contribution in [0.15, 0.2) is 35.3 Å². The second kappa shape index (κ2) is 12.4. The molecule has 8 heteroatoms. The number of methoxy groups -OCH3 is 1. The maximum atomic E-state index is 12.0. The Morgan fingerprint density at radius 3 is 2.41 bits per heavy atom. The van der Waals surface area contributed by atoms with E-state index in [-0.39, 0.29) is 18.6 Å². The zero-order valence-electron chi connectivity index (χ0n) is 21.5. The summed E-state index contributed by atoms with van der Waals surface area (Å²) in [6.07, 6.45) is -0.00287. The summed E-state index contributed by atoms with van der Waals surface area (Å²) in [5, 5.41) is 4.56. The molecule has 34 heavy (non-hydrogen) atoms. The molecule has 0 saturated heterocycles. The van der Waals surface area contributed by atoms with Gasteiger partial charge in [-0.15, -0.1) is 0 Å². The van der Waals surface area contributed by atoms with Gasteiger partial charge in [0.15, 0.2) is 5.76 Å². The van der Waals surface area contributed by atoms with Crippen LogP contribution in [0, 0.1) is 6.92 Å².